The van der Waals surface area contributed by atoms with Gasteiger partial charge in [0.15, 0.2) is 0 Å². The number of carbonyl (C=O) groups excluding carboxylic acids is 2. The predicted molar refractivity (Wildman–Crippen MR) is 76.4 cm³/mol. The molecule has 2 saturated heterocycles. The summed E-state index contributed by atoms with van der Waals surface area (Å²) >= 11 is 1.46. The summed E-state index contributed by atoms with van der Waals surface area (Å²) in [5.74, 6) is 0.548. The van der Waals surface area contributed by atoms with Crippen LogP contribution in [-0.4, -0.2) is 64.3 Å². The second kappa shape index (κ2) is 4.83. The maximum Gasteiger partial charge on any atom is 0.323 e. The molecule has 9 heteroatoms. The molecule has 0 spiro atoms. The Labute approximate surface area is 125 Å². The fourth-order valence-electron chi connectivity index (χ4n) is 2.74. The van der Waals surface area contributed by atoms with E-state index >= 15 is 0 Å². The van der Waals surface area contributed by atoms with E-state index in [0.717, 1.165) is 5.01 Å². The van der Waals surface area contributed by atoms with Crippen molar-refractivity contribution >= 4 is 28.5 Å². The van der Waals surface area contributed by atoms with Gasteiger partial charge >= 0.3 is 12.1 Å². The third-order valence-electron chi connectivity index (χ3n) is 4.10. The van der Waals surface area contributed by atoms with Crippen LogP contribution in [0.2, 0.25) is 0 Å². The number of hydrogen-bond donors (Lipinski definition) is 2. The number of rotatable bonds is 2. The van der Waals surface area contributed by atoms with Crippen molar-refractivity contribution in [3.8, 4) is 0 Å². The standard InChI is InChI=1S/C12H16N6O2S/c19-11-13-5-8-6-17(3-4-18(8)11)12(20)14-10-16-15-9(21-10)7-1-2-7/h7-8H,1-6H2,(H,13,19)(H,14,16,20). The number of amides is 4. The van der Waals surface area contributed by atoms with E-state index in [9.17, 15) is 9.59 Å². The van der Waals surface area contributed by atoms with Crippen molar-refractivity contribution in [2.75, 3.05) is 31.5 Å². The largest absolute Gasteiger partial charge is 0.336 e. The second-order valence-electron chi connectivity index (χ2n) is 5.63. The molecule has 1 aromatic heterocycles. The van der Waals surface area contributed by atoms with Gasteiger partial charge in [-0.05, 0) is 12.8 Å². The Morgan fingerprint density at radius 3 is 3.00 bits per heavy atom. The molecule has 1 saturated carbocycles. The number of aromatic nitrogens is 2. The van der Waals surface area contributed by atoms with Crippen LogP contribution in [-0.2, 0) is 0 Å². The first-order valence-electron chi connectivity index (χ1n) is 7.14. The molecule has 0 radical (unpaired) electrons. The summed E-state index contributed by atoms with van der Waals surface area (Å²) in [5, 5.41) is 15.3. The highest BCUT2D eigenvalue weighted by Crippen LogP contribution is 2.42. The second-order valence-corrected chi connectivity index (χ2v) is 6.64. The molecule has 2 aliphatic heterocycles. The molecule has 3 heterocycles. The maximum atomic E-state index is 12.3. The average Bonchev–Trinajstić information content (AvgIpc) is 3.14. The Hall–Kier alpha value is -1.90. The summed E-state index contributed by atoms with van der Waals surface area (Å²) < 4.78 is 0. The molecule has 112 valence electrons. The van der Waals surface area contributed by atoms with Gasteiger partial charge in [0, 0.05) is 32.1 Å². The van der Waals surface area contributed by atoms with Gasteiger partial charge in [-0.1, -0.05) is 11.3 Å². The fourth-order valence-corrected chi connectivity index (χ4v) is 3.64. The Bertz CT molecular complexity index is 586. The van der Waals surface area contributed by atoms with E-state index in [0.29, 0.717) is 37.2 Å². The number of carbonyl (C=O) groups is 2. The van der Waals surface area contributed by atoms with Gasteiger partial charge < -0.3 is 15.1 Å². The maximum absolute atomic E-state index is 12.3. The Balaban J connectivity index is 1.37. The minimum atomic E-state index is -0.160. The number of nitrogens with zero attached hydrogens (tertiary/aromatic N) is 4. The third kappa shape index (κ3) is 2.41. The van der Waals surface area contributed by atoms with Gasteiger partial charge in [-0.2, -0.15) is 0 Å². The summed E-state index contributed by atoms with van der Waals surface area (Å²) in [7, 11) is 0. The van der Waals surface area contributed by atoms with E-state index in [1.807, 2.05) is 0 Å². The summed E-state index contributed by atoms with van der Waals surface area (Å²) in [6.45, 7) is 2.28. The zero-order valence-electron chi connectivity index (χ0n) is 11.4. The zero-order valence-corrected chi connectivity index (χ0v) is 12.2. The van der Waals surface area contributed by atoms with Crippen LogP contribution in [0.3, 0.4) is 0 Å². The lowest BCUT2D eigenvalue weighted by molar-refractivity contribution is 0.136. The number of hydrogen-bond acceptors (Lipinski definition) is 5. The molecule has 1 atom stereocenters. The Kier molecular flexibility index (Phi) is 2.95. The SMILES string of the molecule is O=C(Nc1nnc(C2CC2)s1)N1CCN2C(=O)NCC2C1. The summed E-state index contributed by atoms with van der Waals surface area (Å²) in [4.78, 5) is 27.3. The number of piperazine rings is 1. The van der Waals surface area contributed by atoms with Crippen molar-refractivity contribution in [1.29, 1.82) is 0 Å². The molecule has 0 bridgehead atoms. The average molecular weight is 308 g/mol. The number of anilines is 1. The van der Waals surface area contributed by atoms with Crippen molar-refractivity contribution in [3.63, 3.8) is 0 Å². The van der Waals surface area contributed by atoms with E-state index < -0.39 is 0 Å². The smallest absolute Gasteiger partial charge is 0.323 e. The van der Waals surface area contributed by atoms with Crippen LogP contribution in [0.5, 0.6) is 0 Å². The fraction of sp³-hybridized carbons (Fsp3) is 0.667. The van der Waals surface area contributed by atoms with E-state index in [2.05, 4.69) is 20.8 Å². The molecular weight excluding hydrogens is 292 g/mol. The van der Waals surface area contributed by atoms with Gasteiger partial charge in [-0.25, -0.2) is 9.59 Å². The highest BCUT2D eigenvalue weighted by atomic mass is 32.1. The molecule has 2 N–H and O–H groups in total. The van der Waals surface area contributed by atoms with E-state index in [1.165, 1.54) is 24.2 Å². The molecule has 3 fully saturated rings. The quantitative estimate of drug-likeness (QED) is 0.839. The number of nitrogens with one attached hydrogen (secondary N) is 2. The molecule has 3 aliphatic rings. The molecular formula is C12H16N6O2S. The molecule has 1 aliphatic carbocycles. The van der Waals surface area contributed by atoms with Gasteiger partial charge in [0.1, 0.15) is 5.01 Å². The lowest BCUT2D eigenvalue weighted by Gasteiger charge is -2.36. The number of urea groups is 2. The summed E-state index contributed by atoms with van der Waals surface area (Å²) in [6, 6.07) is -0.112. The normalized spacial score (nSPS) is 24.8. The molecule has 0 aromatic carbocycles. The van der Waals surface area contributed by atoms with Crippen LogP contribution in [0, 0.1) is 0 Å². The minimum absolute atomic E-state index is 0.0294. The van der Waals surface area contributed by atoms with Crippen molar-refractivity contribution in [1.82, 2.24) is 25.3 Å². The predicted octanol–water partition coefficient (Wildman–Crippen LogP) is 0.657. The van der Waals surface area contributed by atoms with Gasteiger partial charge in [0.05, 0.1) is 6.04 Å². The van der Waals surface area contributed by atoms with Crippen molar-refractivity contribution < 1.29 is 9.59 Å². The van der Waals surface area contributed by atoms with Crippen molar-refractivity contribution in [2.45, 2.75) is 24.8 Å². The molecule has 4 rings (SSSR count). The first-order chi connectivity index (χ1) is 10.2. The molecule has 1 aromatic rings. The lowest BCUT2D eigenvalue weighted by atomic mass is 10.2. The van der Waals surface area contributed by atoms with E-state index in [-0.39, 0.29) is 18.1 Å². The highest BCUT2D eigenvalue weighted by molar-refractivity contribution is 7.15. The first kappa shape index (κ1) is 12.8. The Morgan fingerprint density at radius 1 is 1.33 bits per heavy atom. The summed E-state index contributed by atoms with van der Waals surface area (Å²) in [5.41, 5.74) is 0. The van der Waals surface area contributed by atoms with Crippen LogP contribution in [0.25, 0.3) is 0 Å². The van der Waals surface area contributed by atoms with Gasteiger partial charge in [-0.3, -0.25) is 5.32 Å². The summed E-state index contributed by atoms with van der Waals surface area (Å²) in [6.07, 6.45) is 2.35. The molecule has 8 nitrogen and oxygen atoms in total. The van der Waals surface area contributed by atoms with Crippen LogP contribution in [0.15, 0.2) is 0 Å². The van der Waals surface area contributed by atoms with Crippen LogP contribution in [0.4, 0.5) is 14.7 Å². The third-order valence-corrected chi connectivity index (χ3v) is 5.10. The van der Waals surface area contributed by atoms with Crippen LogP contribution < -0.4 is 10.6 Å². The Morgan fingerprint density at radius 2 is 2.19 bits per heavy atom. The lowest BCUT2D eigenvalue weighted by Crippen LogP contribution is -2.54. The number of fused-ring (bicyclic) bond motifs is 1. The first-order valence-corrected chi connectivity index (χ1v) is 7.96. The zero-order chi connectivity index (χ0) is 14.4. The van der Waals surface area contributed by atoms with Crippen molar-refractivity contribution in [2.24, 2.45) is 0 Å². The van der Waals surface area contributed by atoms with Crippen molar-refractivity contribution in [3.05, 3.63) is 5.01 Å². The van der Waals surface area contributed by atoms with Gasteiger partial charge in [0.25, 0.3) is 0 Å². The molecule has 21 heavy (non-hydrogen) atoms. The topological polar surface area (TPSA) is 90.5 Å². The van der Waals surface area contributed by atoms with Crippen LogP contribution >= 0.6 is 11.3 Å². The van der Waals surface area contributed by atoms with Crippen LogP contribution in [0.1, 0.15) is 23.8 Å². The molecule has 4 amide bonds. The highest BCUT2D eigenvalue weighted by Gasteiger charge is 2.37. The molecule has 1 unspecified atom stereocenters. The van der Waals surface area contributed by atoms with E-state index in [4.69, 9.17) is 0 Å². The van der Waals surface area contributed by atoms with Gasteiger partial charge in [0.2, 0.25) is 5.13 Å². The minimum Gasteiger partial charge on any atom is -0.336 e. The van der Waals surface area contributed by atoms with E-state index in [1.54, 1.807) is 9.80 Å². The van der Waals surface area contributed by atoms with Gasteiger partial charge in [-0.15, -0.1) is 10.2 Å². The monoisotopic (exact) mass is 308 g/mol.